The molecule has 1 aromatic carbocycles. The Hall–Kier alpha value is -1.73. The Labute approximate surface area is 171 Å². The molecule has 0 amide bonds. The van der Waals surface area contributed by atoms with E-state index >= 15 is 0 Å². The molecule has 0 bridgehead atoms. The van der Waals surface area contributed by atoms with Crippen molar-refractivity contribution in [3.63, 3.8) is 0 Å². The van der Waals surface area contributed by atoms with Gasteiger partial charge >= 0.3 is 0 Å². The molecule has 0 saturated heterocycles. The Balaban J connectivity index is 1.96. The summed E-state index contributed by atoms with van der Waals surface area (Å²) in [6.45, 7) is 5.24. The van der Waals surface area contributed by atoms with Gasteiger partial charge in [0, 0.05) is 44.7 Å². The van der Waals surface area contributed by atoms with Gasteiger partial charge in [0.25, 0.3) is 0 Å². The lowest BCUT2D eigenvalue weighted by molar-refractivity contribution is 0.470. The third-order valence-electron chi connectivity index (χ3n) is 4.09. The SMILES string of the molecule is CCc1nncn1CCNC(=NCCCSC)N(C)Cc1cccc(Cl)c1. The summed E-state index contributed by atoms with van der Waals surface area (Å²) in [5, 5.41) is 12.4. The van der Waals surface area contributed by atoms with Gasteiger partial charge in [0.15, 0.2) is 5.96 Å². The zero-order chi connectivity index (χ0) is 19.5. The van der Waals surface area contributed by atoms with E-state index in [1.54, 1.807) is 6.33 Å². The lowest BCUT2D eigenvalue weighted by atomic mass is 10.2. The number of aryl methyl sites for hydroxylation is 1. The minimum Gasteiger partial charge on any atom is -0.354 e. The summed E-state index contributed by atoms with van der Waals surface area (Å²) in [5.41, 5.74) is 1.16. The Kier molecular flexibility index (Phi) is 9.48. The van der Waals surface area contributed by atoms with Crippen LogP contribution in [0.1, 0.15) is 24.7 Å². The van der Waals surface area contributed by atoms with E-state index in [1.165, 1.54) is 0 Å². The molecular formula is C19H29ClN6S. The lowest BCUT2D eigenvalue weighted by Crippen LogP contribution is -2.40. The Morgan fingerprint density at radius 2 is 2.26 bits per heavy atom. The number of rotatable bonds is 10. The van der Waals surface area contributed by atoms with Crippen LogP contribution in [0.25, 0.3) is 0 Å². The molecule has 8 heteroatoms. The van der Waals surface area contributed by atoms with Crippen molar-refractivity contribution < 1.29 is 0 Å². The molecule has 0 aliphatic heterocycles. The van der Waals surface area contributed by atoms with Crippen molar-refractivity contribution in [2.24, 2.45) is 4.99 Å². The molecule has 0 unspecified atom stereocenters. The maximum atomic E-state index is 6.11. The van der Waals surface area contributed by atoms with Crippen LogP contribution in [0.15, 0.2) is 35.6 Å². The van der Waals surface area contributed by atoms with Crippen LogP contribution < -0.4 is 5.32 Å². The van der Waals surface area contributed by atoms with Gasteiger partial charge in [-0.05, 0) is 36.1 Å². The molecule has 2 aromatic rings. The molecule has 1 N–H and O–H groups in total. The van der Waals surface area contributed by atoms with E-state index in [9.17, 15) is 0 Å². The van der Waals surface area contributed by atoms with E-state index in [0.29, 0.717) is 0 Å². The highest BCUT2D eigenvalue weighted by Gasteiger charge is 2.08. The number of hydrogen-bond donors (Lipinski definition) is 1. The third-order valence-corrected chi connectivity index (χ3v) is 5.02. The molecule has 1 heterocycles. The second-order valence-corrected chi connectivity index (χ2v) is 7.68. The molecule has 0 aliphatic carbocycles. The van der Waals surface area contributed by atoms with E-state index in [-0.39, 0.29) is 0 Å². The third kappa shape index (κ3) is 7.42. The first-order valence-corrected chi connectivity index (χ1v) is 11.0. The average Bonchev–Trinajstić information content (AvgIpc) is 3.11. The first-order chi connectivity index (χ1) is 13.1. The number of aromatic nitrogens is 3. The van der Waals surface area contributed by atoms with Crippen molar-refractivity contribution >= 4 is 29.3 Å². The molecule has 0 spiro atoms. The fraction of sp³-hybridized carbons (Fsp3) is 0.526. The summed E-state index contributed by atoms with van der Waals surface area (Å²) in [6, 6.07) is 7.95. The van der Waals surface area contributed by atoms with Crippen LogP contribution in [0.3, 0.4) is 0 Å². The van der Waals surface area contributed by atoms with Crippen molar-refractivity contribution in [3.05, 3.63) is 47.0 Å². The van der Waals surface area contributed by atoms with Gasteiger partial charge in [-0.3, -0.25) is 4.99 Å². The van der Waals surface area contributed by atoms with Gasteiger partial charge in [-0.15, -0.1) is 10.2 Å². The van der Waals surface area contributed by atoms with Crippen LogP contribution in [-0.4, -0.2) is 57.8 Å². The maximum Gasteiger partial charge on any atom is 0.194 e. The predicted molar refractivity (Wildman–Crippen MR) is 116 cm³/mol. The summed E-state index contributed by atoms with van der Waals surface area (Å²) in [5.74, 6) is 3.03. The van der Waals surface area contributed by atoms with Gasteiger partial charge in [0.2, 0.25) is 0 Å². The Bertz CT molecular complexity index is 718. The van der Waals surface area contributed by atoms with Gasteiger partial charge in [0.1, 0.15) is 12.2 Å². The number of thioether (sulfide) groups is 1. The fourth-order valence-electron chi connectivity index (χ4n) is 2.72. The van der Waals surface area contributed by atoms with Crippen LogP contribution in [-0.2, 0) is 19.5 Å². The number of halogens is 1. The molecule has 0 atom stereocenters. The molecular weight excluding hydrogens is 380 g/mol. The molecule has 0 fully saturated rings. The molecule has 27 heavy (non-hydrogen) atoms. The first kappa shape index (κ1) is 21.6. The number of hydrogen-bond acceptors (Lipinski definition) is 4. The fourth-order valence-corrected chi connectivity index (χ4v) is 3.35. The molecule has 0 aliphatic rings. The van der Waals surface area contributed by atoms with Gasteiger partial charge in [-0.25, -0.2) is 0 Å². The molecule has 2 rings (SSSR count). The van der Waals surface area contributed by atoms with E-state index in [1.807, 2.05) is 30.0 Å². The normalized spacial score (nSPS) is 11.6. The zero-order valence-electron chi connectivity index (χ0n) is 16.4. The van der Waals surface area contributed by atoms with E-state index < -0.39 is 0 Å². The quantitative estimate of drug-likeness (QED) is 0.371. The van der Waals surface area contributed by atoms with Crippen molar-refractivity contribution in [3.8, 4) is 0 Å². The Morgan fingerprint density at radius 1 is 1.41 bits per heavy atom. The van der Waals surface area contributed by atoms with Crippen LogP contribution in [0.5, 0.6) is 0 Å². The van der Waals surface area contributed by atoms with Crippen LogP contribution in [0, 0.1) is 0 Å². The molecule has 0 radical (unpaired) electrons. The van der Waals surface area contributed by atoms with Gasteiger partial charge in [0.05, 0.1) is 0 Å². The van der Waals surface area contributed by atoms with Crippen molar-refractivity contribution in [2.75, 3.05) is 32.1 Å². The summed E-state index contributed by atoms with van der Waals surface area (Å²) >= 11 is 7.97. The Morgan fingerprint density at radius 3 is 3.00 bits per heavy atom. The number of aliphatic imine (C=N–C) groups is 1. The number of guanidine groups is 1. The average molecular weight is 409 g/mol. The highest BCUT2D eigenvalue weighted by atomic mass is 35.5. The lowest BCUT2D eigenvalue weighted by Gasteiger charge is -2.23. The zero-order valence-corrected chi connectivity index (χ0v) is 17.9. The second kappa shape index (κ2) is 11.9. The monoisotopic (exact) mass is 408 g/mol. The minimum atomic E-state index is 0.752. The summed E-state index contributed by atoms with van der Waals surface area (Å²) in [6.07, 6.45) is 5.86. The van der Waals surface area contributed by atoms with Crippen molar-refractivity contribution in [2.45, 2.75) is 32.9 Å². The second-order valence-electron chi connectivity index (χ2n) is 6.26. The van der Waals surface area contributed by atoms with Crippen molar-refractivity contribution in [1.29, 1.82) is 0 Å². The smallest absolute Gasteiger partial charge is 0.194 e. The highest BCUT2D eigenvalue weighted by molar-refractivity contribution is 7.98. The topological polar surface area (TPSA) is 58.3 Å². The van der Waals surface area contributed by atoms with Gasteiger partial charge in [-0.1, -0.05) is 30.7 Å². The summed E-state index contributed by atoms with van der Waals surface area (Å²) in [7, 11) is 2.05. The van der Waals surface area contributed by atoms with E-state index in [2.05, 4.69) is 51.3 Å². The van der Waals surface area contributed by atoms with Crippen molar-refractivity contribution in [1.82, 2.24) is 25.0 Å². The van der Waals surface area contributed by atoms with Crippen LogP contribution in [0.2, 0.25) is 5.02 Å². The minimum absolute atomic E-state index is 0.752. The first-order valence-electron chi connectivity index (χ1n) is 9.23. The number of nitrogens with zero attached hydrogens (tertiary/aromatic N) is 5. The molecule has 148 valence electrons. The summed E-state index contributed by atoms with van der Waals surface area (Å²) < 4.78 is 2.08. The molecule has 1 aromatic heterocycles. The van der Waals surface area contributed by atoms with Crippen LogP contribution in [0.4, 0.5) is 0 Å². The van der Waals surface area contributed by atoms with E-state index in [4.69, 9.17) is 16.6 Å². The van der Waals surface area contributed by atoms with Gasteiger partial charge in [-0.2, -0.15) is 11.8 Å². The highest BCUT2D eigenvalue weighted by Crippen LogP contribution is 2.12. The molecule has 0 saturated carbocycles. The van der Waals surface area contributed by atoms with Gasteiger partial charge < -0.3 is 14.8 Å². The largest absolute Gasteiger partial charge is 0.354 e. The summed E-state index contributed by atoms with van der Waals surface area (Å²) in [4.78, 5) is 6.92. The standard InChI is InChI=1S/C19H29ClN6S/c1-4-18-24-23-15-26(18)11-10-22-19(21-9-6-12-27-3)25(2)14-16-7-5-8-17(20)13-16/h5,7-8,13,15H,4,6,9-12,14H2,1-3H3,(H,21,22). The maximum absolute atomic E-state index is 6.11. The molecule has 6 nitrogen and oxygen atoms in total. The number of benzene rings is 1. The predicted octanol–water partition coefficient (Wildman–Crippen LogP) is 3.32. The van der Waals surface area contributed by atoms with Crippen LogP contribution >= 0.6 is 23.4 Å². The number of nitrogens with one attached hydrogen (secondary N) is 1. The van der Waals surface area contributed by atoms with E-state index in [0.717, 1.165) is 67.1 Å².